The normalized spacial score (nSPS) is 14.6. The fourth-order valence-corrected chi connectivity index (χ4v) is 3.56. The number of hydrogen-bond acceptors (Lipinski definition) is 5. The molecule has 2 aromatic rings. The minimum Gasteiger partial charge on any atom is -0.452 e. The first-order chi connectivity index (χ1) is 13.6. The first-order valence-corrected chi connectivity index (χ1v) is 10.1. The van der Waals surface area contributed by atoms with E-state index >= 15 is 0 Å². The molecule has 0 bridgehead atoms. The van der Waals surface area contributed by atoms with Crippen molar-refractivity contribution in [3.05, 3.63) is 58.6 Å². The largest absolute Gasteiger partial charge is 0.452 e. The van der Waals surface area contributed by atoms with Gasteiger partial charge in [-0.1, -0.05) is 19.1 Å². The van der Waals surface area contributed by atoms with Crippen molar-refractivity contribution in [2.45, 2.75) is 6.92 Å². The first kappa shape index (κ1) is 20.4. The fourth-order valence-electron chi connectivity index (χ4n) is 3.11. The highest BCUT2D eigenvalue weighted by molar-refractivity contribution is 9.10. The van der Waals surface area contributed by atoms with Gasteiger partial charge >= 0.3 is 5.97 Å². The van der Waals surface area contributed by atoms with E-state index in [9.17, 15) is 9.59 Å². The van der Waals surface area contributed by atoms with Gasteiger partial charge in [-0.05, 0) is 58.9 Å². The van der Waals surface area contributed by atoms with Gasteiger partial charge in [0.25, 0.3) is 5.91 Å². The highest BCUT2D eigenvalue weighted by Gasteiger charge is 2.16. The van der Waals surface area contributed by atoms with Gasteiger partial charge in [-0.15, -0.1) is 0 Å². The summed E-state index contributed by atoms with van der Waals surface area (Å²) in [6.45, 7) is 7.08. The molecule has 0 unspecified atom stereocenters. The molecule has 0 aliphatic carbocycles. The summed E-state index contributed by atoms with van der Waals surface area (Å²) < 4.78 is 5.72. The van der Waals surface area contributed by atoms with Crippen molar-refractivity contribution in [3.8, 4) is 0 Å². The van der Waals surface area contributed by atoms with Gasteiger partial charge in [-0.25, -0.2) is 4.79 Å². The second-order valence-electron chi connectivity index (χ2n) is 6.57. The minimum atomic E-state index is -0.538. The number of piperazine rings is 1. The fraction of sp³-hybridized carbons (Fsp3) is 0.333. The lowest BCUT2D eigenvalue weighted by atomic mass is 10.2. The molecule has 0 spiro atoms. The van der Waals surface area contributed by atoms with E-state index in [2.05, 4.69) is 38.0 Å². The number of likely N-dealkylation sites (N-methyl/N-ethyl adjacent to an activating group) is 1. The van der Waals surface area contributed by atoms with Crippen LogP contribution in [0.2, 0.25) is 0 Å². The molecule has 1 amide bonds. The zero-order valence-electron chi connectivity index (χ0n) is 15.9. The Balaban J connectivity index is 1.48. The highest BCUT2D eigenvalue weighted by atomic mass is 79.9. The Hall–Kier alpha value is -2.38. The molecule has 1 saturated heterocycles. The summed E-state index contributed by atoms with van der Waals surface area (Å²) in [5.74, 6) is -0.908. The molecule has 7 heteroatoms. The molecule has 148 valence electrons. The van der Waals surface area contributed by atoms with Crippen LogP contribution in [-0.4, -0.2) is 56.1 Å². The number of benzene rings is 2. The van der Waals surface area contributed by atoms with Gasteiger partial charge in [0.1, 0.15) is 0 Å². The number of carbonyl (C=O) groups excluding carboxylic acids is 2. The van der Waals surface area contributed by atoms with Crippen LogP contribution in [0.3, 0.4) is 0 Å². The Kier molecular flexibility index (Phi) is 7.06. The second kappa shape index (κ2) is 9.71. The van der Waals surface area contributed by atoms with Crippen molar-refractivity contribution >= 4 is 39.2 Å². The van der Waals surface area contributed by atoms with Gasteiger partial charge in [0.05, 0.1) is 5.56 Å². The second-order valence-corrected chi connectivity index (χ2v) is 7.43. The van der Waals surface area contributed by atoms with E-state index in [1.54, 1.807) is 24.3 Å². The van der Waals surface area contributed by atoms with E-state index in [4.69, 9.17) is 4.74 Å². The monoisotopic (exact) mass is 445 g/mol. The van der Waals surface area contributed by atoms with Gasteiger partial charge in [0.15, 0.2) is 6.61 Å². The SMILES string of the molecule is CCN1CCN(c2ccc(NC(=O)COC(=O)c3ccccc3Br)cc2)CC1. The maximum atomic E-state index is 12.1. The number of ether oxygens (including phenoxy) is 1. The number of halogens is 1. The third kappa shape index (κ3) is 5.33. The number of amides is 1. The van der Waals surface area contributed by atoms with E-state index in [1.165, 1.54) is 0 Å². The molecule has 1 aliphatic rings. The zero-order chi connectivity index (χ0) is 19.9. The van der Waals surface area contributed by atoms with Gasteiger partial charge in [0.2, 0.25) is 0 Å². The molecule has 0 aromatic heterocycles. The van der Waals surface area contributed by atoms with Crippen LogP contribution in [0.25, 0.3) is 0 Å². The number of nitrogens with one attached hydrogen (secondary N) is 1. The molecule has 3 rings (SSSR count). The molecular weight excluding hydrogens is 422 g/mol. The van der Waals surface area contributed by atoms with Crippen molar-refractivity contribution in [1.29, 1.82) is 0 Å². The van der Waals surface area contributed by atoms with Crippen LogP contribution in [0, 0.1) is 0 Å². The smallest absolute Gasteiger partial charge is 0.339 e. The summed E-state index contributed by atoms with van der Waals surface area (Å²) >= 11 is 3.30. The third-order valence-corrected chi connectivity index (χ3v) is 5.46. The third-order valence-electron chi connectivity index (χ3n) is 4.76. The van der Waals surface area contributed by atoms with Crippen LogP contribution in [0.1, 0.15) is 17.3 Å². The van der Waals surface area contributed by atoms with E-state index in [0.29, 0.717) is 15.7 Å². The molecular formula is C21H24BrN3O3. The first-order valence-electron chi connectivity index (χ1n) is 9.35. The van der Waals surface area contributed by atoms with Gasteiger partial charge in [0, 0.05) is 42.0 Å². The van der Waals surface area contributed by atoms with Crippen molar-refractivity contribution in [1.82, 2.24) is 4.90 Å². The average Bonchev–Trinajstić information content (AvgIpc) is 2.73. The standard InChI is InChI=1S/C21H24BrN3O3/c1-2-24-11-13-25(14-12-24)17-9-7-16(8-10-17)23-20(26)15-28-21(27)18-5-3-4-6-19(18)22/h3-10H,2,11-15H2,1H3,(H,23,26). The van der Waals surface area contributed by atoms with E-state index in [-0.39, 0.29) is 12.5 Å². The number of anilines is 2. The summed E-state index contributed by atoms with van der Waals surface area (Å²) in [7, 11) is 0. The molecule has 28 heavy (non-hydrogen) atoms. The molecule has 6 nitrogen and oxygen atoms in total. The number of carbonyl (C=O) groups is 2. The quantitative estimate of drug-likeness (QED) is 0.690. The number of rotatable bonds is 6. The molecule has 1 N–H and O–H groups in total. The highest BCUT2D eigenvalue weighted by Crippen LogP contribution is 2.20. The number of esters is 1. The molecule has 1 heterocycles. The maximum absolute atomic E-state index is 12.1. The van der Waals surface area contributed by atoms with Gasteiger partial charge in [-0.2, -0.15) is 0 Å². The van der Waals surface area contributed by atoms with E-state index in [0.717, 1.165) is 38.4 Å². The lowest BCUT2D eigenvalue weighted by molar-refractivity contribution is -0.119. The van der Waals surface area contributed by atoms with Gasteiger partial charge < -0.3 is 19.9 Å². The number of hydrogen-bond donors (Lipinski definition) is 1. The van der Waals surface area contributed by atoms with E-state index in [1.807, 2.05) is 24.3 Å². The molecule has 1 fully saturated rings. The van der Waals surface area contributed by atoms with Crippen LogP contribution in [0.4, 0.5) is 11.4 Å². The molecule has 2 aromatic carbocycles. The molecule has 1 aliphatic heterocycles. The Bertz CT molecular complexity index is 818. The van der Waals surface area contributed by atoms with Crippen LogP contribution < -0.4 is 10.2 Å². The van der Waals surface area contributed by atoms with Gasteiger partial charge in [-0.3, -0.25) is 4.79 Å². The summed E-state index contributed by atoms with van der Waals surface area (Å²) in [4.78, 5) is 28.9. The molecule has 0 radical (unpaired) electrons. The summed E-state index contributed by atoms with van der Waals surface area (Å²) in [6.07, 6.45) is 0. The zero-order valence-corrected chi connectivity index (χ0v) is 17.4. The lowest BCUT2D eigenvalue weighted by Crippen LogP contribution is -2.46. The van der Waals surface area contributed by atoms with Crippen molar-refractivity contribution in [2.24, 2.45) is 0 Å². The minimum absolute atomic E-state index is 0.332. The van der Waals surface area contributed by atoms with Crippen molar-refractivity contribution in [3.63, 3.8) is 0 Å². The summed E-state index contributed by atoms with van der Waals surface area (Å²) in [5.41, 5.74) is 2.22. The van der Waals surface area contributed by atoms with Crippen LogP contribution in [0.5, 0.6) is 0 Å². The molecule has 0 saturated carbocycles. The van der Waals surface area contributed by atoms with Crippen LogP contribution in [-0.2, 0) is 9.53 Å². The summed E-state index contributed by atoms with van der Waals surface area (Å²) in [5, 5.41) is 2.76. The predicted octanol–water partition coefficient (Wildman–Crippen LogP) is 3.39. The molecule has 0 atom stereocenters. The van der Waals surface area contributed by atoms with Crippen LogP contribution >= 0.6 is 15.9 Å². The van der Waals surface area contributed by atoms with Crippen molar-refractivity contribution < 1.29 is 14.3 Å². The van der Waals surface area contributed by atoms with Crippen molar-refractivity contribution in [2.75, 3.05) is 49.5 Å². The Morgan fingerprint density at radius 1 is 1.04 bits per heavy atom. The number of nitrogens with zero attached hydrogens (tertiary/aromatic N) is 2. The Morgan fingerprint density at radius 2 is 1.71 bits per heavy atom. The predicted molar refractivity (Wildman–Crippen MR) is 114 cm³/mol. The maximum Gasteiger partial charge on any atom is 0.339 e. The topological polar surface area (TPSA) is 61.9 Å². The average molecular weight is 446 g/mol. The Labute approximate surface area is 173 Å². The lowest BCUT2D eigenvalue weighted by Gasteiger charge is -2.35. The Morgan fingerprint density at radius 3 is 2.36 bits per heavy atom. The van der Waals surface area contributed by atoms with E-state index < -0.39 is 5.97 Å². The van der Waals surface area contributed by atoms with Crippen LogP contribution in [0.15, 0.2) is 53.0 Å². The summed E-state index contributed by atoms with van der Waals surface area (Å²) in [6, 6.07) is 14.7.